The molecule has 2 heterocycles. The predicted molar refractivity (Wildman–Crippen MR) is 101 cm³/mol. The minimum absolute atomic E-state index is 0.226. The molecule has 1 aliphatic carbocycles. The van der Waals surface area contributed by atoms with E-state index in [0.29, 0.717) is 0 Å². The zero-order chi connectivity index (χ0) is 17.3. The largest absolute Gasteiger partial charge is 0.338 e. The standard InChI is InChI=1S/C22H32N2O/c1-18(25)24-15-21-10-5-4-9-20(21)13-22(17-24)11-6-12-23(16-22)14-19-7-2-3-8-19/h4-5,9-10,19H,2-3,6-8,11-17H2,1H3. The number of benzene rings is 1. The Balaban J connectivity index is 1.56. The molecule has 2 aliphatic heterocycles. The Labute approximate surface area is 152 Å². The van der Waals surface area contributed by atoms with Crippen molar-refractivity contribution in [2.75, 3.05) is 26.2 Å². The minimum atomic E-state index is 0.226. The van der Waals surface area contributed by atoms with Gasteiger partial charge >= 0.3 is 0 Å². The molecule has 2 fully saturated rings. The Morgan fingerprint density at radius 3 is 2.64 bits per heavy atom. The van der Waals surface area contributed by atoms with Crippen molar-refractivity contribution in [1.82, 2.24) is 9.80 Å². The van der Waals surface area contributed by atoms with Crippen LogP contribution >= 0.6 is 0 Å². The molecule has 1 unspecified atom stereocenters. The quantitative estimate of drug-likeness (QED) is 0.816. The molecule has 3 heteroatoms. The average Bonchev–Trinajstić information content (AvgIpc) is 3.03. The number of piperidine rings is 1. The topological polar surface area (TPSA) is 23.6 Å². The molecule has 3 nitrogen and oxygen atoms in total. The third kappa shape index (κ3) is 3.76. The number of carbonyl (C=O) groups is 1. The summed E-state index contributed by atoms with van der Waals surface area (Å²) in [5.41, 5.74) is 3.06. The van der Waals surface area contributed by atoms with Gasteiger partial charge in [-0.3, -0.25) is 4.79 Å². The fourth-order valence-corrected chi connectivity index (χ4v) is 5.53. The van der Waals surface area contributed by atoms with E-state index in [0.717, 1.165) is 25.4 Å². The highest BCUT2D eigenvalue weighted by atomic mass is 16.2. The number of nitrogens with zero attached hydrogens (tertiary/aromatic N) is 2. The van der Waals surface area contributed by atoms with Crippen LogP contribution in [-0.2, 0) is 17.8 Å². The monoisotopic (exact) mass is 340 g/mol. The summed E-state index contributed by atoms with van der Waals surface area (Å²) in [5, 5.41) is 0. The van der Waals surface area contributed by atoms with Gasteiger partial charge in [0.15, 0.2) is 0 Å². The molecule has 1 aromatic carbocycles. The van der Waals surface area contributed by atoms with Gasteiger partial charge in [0, 0.05) is 38.5 Å². The van der Waals surface area contributed by atoms with Crippen LogP contribution in [0.15, 0.2) is 24.3 Å². The van der Waals surface area contributed by atoms with Crippen molar-refractivity contribution in [3.63, 3.8) is 0 Å². The minimum Gasteiger partial charge on any atom is -0.338 e. The van der Waals surface area contributed by atoms with Crippen LogP contribution in [0.3, 0.4) is 0 Å². The summed E-state index contributed by atoms with van der Waals surface area (Å²) >= 11 is 0. The number of amides is 1. The van der Waals surface area contributed by atoms with Gasteiger partial charge in [0.05, 0.1) is 0 Å². The Morgan fingerprint density at radius 2 is 1.88 bits per heavy atom. The highest BCUT2D eigenvalue weighted by Crippen LogP contribution is 2.39. The molecule has 1 saturated carbocycles. The lowest BCUT2D eigenvalue weighted by Crippen LogP contribution is -2.51. The summed E-state index contributed by atoms with van der Waals surface area (Å²) in [6, 6.07) is 8.78. The lowest BCUT2D eigenvalue weighted by Gasteiger charge is -2.45. The lowest BCUT2D eigenvalue weighted by molar-refractivity contribution is -0.131. The van der Waals surface area contributed by atoms with Gasteiger partial charge in [0.2, 0.25) is 5.91 Å². The third-order valence-electron chi connectivity index (χ3n) is 6.75. The van der Waals surface area contributed by atoms with Crippen molar-refractivity contribution in [2.45, 2.75) is 58.4 Å². The van der Waals surface area contributed by atoms with Crippen LogP contribution < -0.4 is 0 Å². The average molecular weight is 341 g/mol. The van der Waals surface area contributed by atoms with Gasteiger partial charge in [-0.15, -0.1) is 0 Å². The number of fused-ring (bicyclic) bond motifs is 1. The fourth-order valence-electron chi connectivity index (χ4n) is 5.53. The van der Waals surface area contributed by atoms with E-state index in [2.05, 4.69) is 34.1 Å². The molecular formula is C22H32N2O. The van der Waals surface area contributed by atoms with Crippen LogP contribution in [0.1, 0.15) is 56.6 Å². The van der Waals surface area contributed by atoms with Crippen molar-refractivity contribution in [3.05, 3.63) is 35.4 Å². The van der Waals surface area contributed by atoms with Gasteiger partial charge in [0.1, 0.15) is 0 Å². The number of rotatable bonds is 2. The molecule has 1 amide bonds. The zero-order valence-electron chi connectivity index (χ0n) is 15.7. The van der Waals surface area contributed by atoms with Crippen LogP contribution in [0.4, 0.5) is 0 Å². The first-order valence-corrected chi connectivity index (χ1v) is 10.2. The maximum Gasteiger partial charge on any atom is 0.219 e. The first-order chi connectivity index (χ1) is 12.1. The van der Waals surface area contributed by atoms with E-state index in [-0.39, 0.29) is 11.3 Å². The molecule has 0 radical (unpaired) electrons. The van der Waals surface area contributed by atoms with Gasteiger partial charge in [-0.05, 0) is 55.7 Å². The van der Waals surface area contributed by atoms with Crippen LogP contribution in [-0.4, -0.2) is 41.9 Å². The highest BCUT2D eigenvalue weighted by molar-refractivity contribution is 5.73. The zero-order valence-corrected chi connectivity index (χ0v) is 15.7. The Bertz CT molecular complexity index is 622. The smallest absolute Gasteiger partial charge is 0.219 e. The van der Waals surface area contributed by atoms with Crippen molar-refractivity contribution < 1.29 is 4.79 Å². The summed E-state index contributed by atoms with van der Waals surface area (Å²) in [6.07, 6.45) is 9.36. The molecule has 1 aromatic rings. The predicted octanol–water partition coefficient (Wildman–Crippen LogP) is 3.86. The second kappa shape index (κ2) is 7.11. The summed E-state index contributed by atoms with van der Waals surface area (Å²) in [6.45, 7) is 7.15. The Morgan fingerprint density at radius 1 is 1.12 bits per heavy atom. The van der Waals surface area contributed by atoms with Crippen LogP contribution in [0.2, 0.25) is 0 Å². The summed E-state index contributed by atoms with van der Waals surface area (Å²) in [5.74, 6) is 1.14. The maximum absolute atomic E-state index is 12.3. The van der Waals surface area contributed by atoms with E-state index in [1.54, 1.807) is 6.92 Å². The van der Waals surface area contributed by atoms with Crippen LogP contribution in [0, 0.1) is 11.3 Å². The van der Waals surface area contributed by atoms with E-state index < -0.39 is 0 Å². The highest BCUT2D eigenvalue weighted by Gasteiger charge is 2.40. The van der Waals surface area contributed by atoms with Crippen LogP contribution in [0.5, 0.6) is 0 Å². The second-order valence-electron chi connectivity index (χ2n) is 8.81. The van der Waals surface area contributed by atoms with Crippen molar-refractivity contribution >= 4 is 5.91 Å². The Hall–Kier alpha value is -1.35. The molecular weight excluding hydrogens is 308 g/mol. The Kier molecular flexibility index (Phi) is 4.86. The number of carbonyl (C=O) groups excluding carboxylic acids is 1. The van der Waals surface area contributed by atoms with Crippen LogP contribution in [0.25, 0.3) is 0 Å². The van der Waals surface area contributed by atoms with E-state index in [4.69, 9.17) is 0 Å². The van der Waals surface area contributed by atoms with Gasteiger partial charge in [-0.1, -0.05) is 37.1 Å². The molecule has 1 spiro atoms. The molecule has 0 bridgehead atoms. The lowest BCUT2D eigenvalue weighted by atomic mass is 9.74. The molecule has 136 valence electrons. The second-order valence-corrected chi connectivity index (χ2v) is 8.81. The van der Waals surface area contributed by atoms with Gasteiger partial charge in [0.25, 0.3) is 0 Å². The number of hydrogen-bond donors (Lipinski definition) is 0. The van der Waals surface area contributed by atoms with Crippen molar-refractivity contribution in [2.24, 2.45) is 11.3 Å². The first kappa shape index (κ1) is 17.1. The number of likely N-dealkylation sites (tertiary alicyclic amines) is 1. The molecule has 25 heavy (non-hydrogen) atoms. The summed E-state index contributed by atoms with van der Waals surface area (Å²) in [7, 11) is 0. The van der Waals surface area contributed by atoms with Crippen molar-refractivity contribution in [3.8, 4) is 0 Å². The molecule has 1 saturated heterocycles. The maximum atomic E-state index is 12.3. The van der Waals surface area contributed by atoms with E-state index in [9.17, 15) is 4.79 Å². The summed E-state index contributed by atoms with van der Waals surface area (Å²) in [4.78, 5) is 17.1. The van der Waals surface area contributed by atoms with Gasteiger partial charge in [-0.25, -0.2) is 0 Å². The molecule has 0 aromatic heterocycles. The van der Waals surface area contributed by atoms with E-state index in [1.807, 2.05) is 0 Å². The van der Waals surface area contributed by atoms with Gasteiger partial charge < -0.3 is 9.80 Å². The van der Waals surface area contributed by atoms with Crippen molar-refractivity contribution in [1.29, 1.82) is 0 Å². The van der Waals surface area contributed by atoms with Gasteiger partial charge in [-0.2, -0.15) is 0 Å². The van der Waals surface area contributed by atoms with E-state index >= 15 is 0 Å². The molecule has 4 rings (SSSR count). The molecule has 0 N–H and O–H groups in total. The SMILES string of the molecule is CC(=O)N1Cc2ccccc2CC2(CCCN(CC3CCCC3)C2)C1. The molecule has 3 aliphatic rings. The third-order valence-corrected chi connectivity index (χ3v) is 6.75. The summed E-state index contributed by atoms with van der Waals surface area (Å²) < 4.78 is 0. The molecule has 1 atom stereocenters. The normalized spacial score (nSPS) is 28.1. The number of hydrogen-bond acceptors (Lipinski definition) is 2. The first-order valence-electron chi connectivity index (χ1n) is 10.2. The van der Waals surface area contributed by atoms with E-state index in [1.165, 1.54) is 69.3 Å². The fraction of sp³-hybridized carbons (Fsp3) is 0.682.